The number of methoxy groups -OCH3 is 2. The summed E-state index contributed by atoms with van der Waals surface area (Å²) in [5.41, 5.74) is 0. The van der Waals surface area contributed by atoms with E-state index < -0.39 is 0 Å². The van der Waals surface area contributed by atoms with Crippen LogP contribution in [0.4, 0.5) is 0 Å². The molecule has 23 heavy (non-hydrogen) atoms. The molecule has 0 aromatic carbocycles. The fourth-order valence-electron chi connectivity index (χ4n) is 2.35. The number of ether oxygens (including phenoxy) is 4. The van der Waals surface area contributed by atoms with Gasteiger partial charge in [-0.25, -0.2) is 0 Å². The van der Waals surface area contributed by atoms with Gasteiger partial charge >= 0.3 is 0 Å². The van der Waals surface area contributed by atoms with E-state index >= 15 is 0 Å². The van der Waals surface area contributed by atoms with E-state index in [1.807, 2.05) is 6.08 Å². The van der Waals surface area contributed by atoms with Crippen molar-refractivity contribution in [2.45, 2.75) is 83.8 Å². The van der Waals surface area contributed by atoms with E-state index in [9.17, 15) is 0 Å². The lowest BCUT2D eigenvalue weighted by molar-refractivity contribution is -0.107. The molecule has 0 aliphatic heterocycles. The van der Waals surface area contributed by atoms with Crippen molar-refractivity contribution >= 4 is 0 Å². The molecule has 0 fully saturated rings. The molecule has 0 heterocycles. The van der Waals surface area contributed by atoms with E-state index in [2.05, 4.69) is 6.92 Å². The van der Waals surface area contributed by atoms with Crippen molar-refractivity contribution in [2.75, 3.05) is 27.6 Å². The van der Waals surface area contributed by atoms with Gasteiger partial charge in [0.05, 0.1) is 12.9 Å². The summed E-state index contributed by atoms with van der Waals surface area (Å²) in [6, 6.07) is 0. The molecule has 0 aliphatic rings. The molecule has 4 heteroatoms. The molecule has 0 N–H and O–H groups in total. The van der Waals surface area contributed by atoms with Crippen molar-refractivity contribution in [1.29, 1.82) is 0 Å². The zero-order valence-electron chi connectivity index (χ0n) is 15.6. The first-order valence-electron chi connectivity index (χ1n) is 9.25. The van der Waals surface area contributed by atoms with E-state index in [1.165, 1.54) is 38.5 Å². The predicted octanol–water partition coefficient (Wildman–Crippen LogP) is 5.42. The van der Waals surface area contributed by atoms with Gasteiger partial charge < -0.3 is 18.9 Å². The van der Waals surface area contributed by atoms with Crippen LogP contribution in [0.25, 0.3) is 0 Å². The average molecular weight is 331 g/mol. The van der Waals surface area contributed by atoms with Crippen LogP contribution in [-0.4, -0.2) is 33.9 Å². The Balaban J connectivity index is 3.14. The van der Waals surface area contributed by atoms with Crippen LogP contribution in [0.3, 0.4) is 0 Å². The maximum atomic E-state index is 5.44. The molecule has 0 aromatic heterocycles. The molecule has 4 nitrogen and oxygen atoms in total. The third kappa shape index (κ3) is 17.6. The van der Waals surface area contributed by atoms with Crippen LogP contribution in [0.5, 0.6) is 0 Å². The molecule has 0 bridgehead atoms. The average Bonchev–Trinajstić information content (AvgIpc) is 2.58. The third-order valence-corrected chi connectivity index (χ3v) is 3.82. The van der Waals surface area contributed by atoms with E-state index in [0.717, 1.165) is 38.7 Å². The van der Waals surface area contributed by atoms with Crippen LogP contribution >= 0.6 is 0 Å². The zero-order valence-corrected chi connectivity index (χ0v) is 15.6. The van der Waals surface area contributed by atoms with Gasteiger partial charge in [-0.1, -0.05) is 45.4 Å². The normalized spacial score (nSPS) is 11.7. The topological polar surface area (TPSA) is 36.9 Å². The summed E-state index contributed by atoms with van der Waals surface area (Å²) in [6.07, 6.45) is 17.0. The highest BCUT2D eigenvalue weighted by molar-refractivity contribution is 4.72. The Morgan fingerprint density at radius 1 is 0.826 bits per heavy atom. The minimum absolute atomic E-state index is 0.0738. The highest BCUT2D eigenvalue weighted by Gasteiger charge is 2.02. The van der Waals surface area contributed by atoms with Crippen molar-refractivity contribution in [3.63, 3.8) is 0 Å². The van der Waals surface area contributed by atoms with Crippen LogP contribution in [0, 0.1) is 0 Å². The van der Waals surface area contributed by atoms with Gasteiger partial charge in [-0.15, -0.1) is 0 Å². The summed E-state index contributed by atoms with van der Waals surface area (Å²) in [6.45, 7) is 3.42. The molecule has 0 saturated carbocycles. The van der Waals surface area contributed by atoms with Crippen LogP contribution in [0.2, 0.25) is 0 Å². The van der Waals surface area contributed by atoms with Crippen molar-refractivity contribution in [3.05, 3.63) is 12.3 Å². The van der Waals surface area contributed by atoms with Crippen molar-refractivity contribution < 1.29 is 18.9 Å². The largest absolute Gasteiger partial charge is 0.475 e. The second-order valence-corrected chi connectivity index (χ2v) is 5.87. The zero-order chi connectivity index (χ0) is 17.0. The quantitative estimate of drug-likeness (QED) is 0.191. The first-order valence-corrected chi connectivity index (χ1v) is 9.25. The molecular weight excluding hydrogens is 292 g/mol. The summed E-state index contributed by atoms with van der Waals surface area (Å²) in [5, 5.41) is 0. The van der Waals surface area contributed by atoms with E-state index in [1.54, 1.807) is 20.5 Å². The van der Waals surface area contributed by atoms with Crippen LogP contribution in [-0.2, 0) is 18.9 Å². The van der Waals surface area contributed by atoms with Crippen molar-refractivity contribution in [1.82, 2.24) is 0 Å². The van der Waals surface area contributed by atoms with E-state index in [0.29, 0.717) is 6.79 Å². The SMILES string of the molecule is CCCCCCCCCOCOC=CCCCCC(OC)OC. The Kier molecular flexibility index (Phi) is 19.0. The Morgan fingerprint density at radius 2 is 1.52 bits per heavy atom. The standard InChI is InChI=1S/C19H38O4/c1-4-5-6-7-8-10-13-16-22-18-23-17-14-11-9-12-15-19(20-2)21-3/h14,17,19H,4-13,15-16,18H2,1-3H3. The van der Waals surface area contributed by atoms with Gasteiger partial charge in [-0.05, 0) is 38.2 Å². The number of allylic oxidation sites excluding steroid dienone is 1. The highest BCUT2D eigenvalue weighted by Crippen LogP contribution is 2.08. The summed E-state index contributed by atoms with van der Waals surface area (Å²) < 4.78 is 21.0. The van der Waals surface area contributed by atoms with Gasteiger partial charge in [0.15, 0.2) is 13.1 Å². The Morgan fingerprint density at radius 3 is 2.22 bits per heavy atom. The molecule has 0 rings (SSSR count). The Bertz CT molecular complexity index is 240. The molecule has 138 valence electrons. The lowest BCUT2D eigenvalue weighted by Crippen LogP contribution is -2.12. The summed E-state index contributed by atoms with van der Waals surface area (Å²) in [5.74, 6) is 0. The summed E-state index contributed by atoms with van der Waals surface area (Å²) in [7, 11) is 3.35. The lowest BCUT2D eigenvalue weighted by Gasteiger charge is -2.12. The first kappa shape index (κ1) is 22.4. The molecule has 0 amide bonds. The maximum absolute atomic E-state index is 5.44. The third-order valence-electron chi connectivity index (χ3n) is 3.82. The second-order valence-electron chi connectivity index (χ2n) is 5.87. The van der Waals surface area contributed by atoms with E-state index in [4.69, 9.17) is 18.9 Å². The monoisotopic (exact) mass is 330 g/mol. The highest BCUT2D eigenvalue weighted by atomic mass is 16.7. The second kappa shape index (κ2) is 19.5. The predicted molar refractivity (Wildman–Crippen MR) is 95.3 cm³/mol. The van der Waals surface area contributed by atoms with Crippen molar-refractivity contribution in [3.8, 4) is 0 Å². The fourth-order valence-corrected chi connectivity index (χ4v) is 2.35. The van der Waals surface area contributed by atoms with Crippen LogP contribution in [0.1, 0.15) is 77.6 Å². The Hall–Kier alpha value is -0.580. The minimum atomic E-state index is -0.0738. The molecule has 0 atom stereocenters. The Labute approximate surface area is 143 Å². The smallest absolute Gasteiger partial charge is 0.188 e. The summed E-state index contributed by atoms with van der Waals surface area (Å²) in [4.78, 5) is 0. The molecule has 0 spiro atoms. The molecule has 0 aromatic rings. The molecule has 0 radical (unpaired) electrons. The number of hydrogen-bond acceptors (Lipinski definition) is 4. The number of unbranched alkanes of at least 4 members (excludes halogenated alkanes) is 8. The van der Waals surface area contributed by atoms with E-state index in [-0.39, 0.29) is 6.29 Å². The van der Waals surface area contributed by atoms with Gasteiger partial charge in [0.25, 0.3) is 0 Å². The van der Waals surface area contributed by atoms with Gasteiger partial charge in [0.1, 0.15) is 0 Å². The van der Waals surface area contributed by atoms with Gasteiger partial charge in [0.2, 0.25) is 0 Å². The fraction of sp³-hybridized carbons (Fsp3) is 0.895. The number of rotatable bonds is 18. The van der Waals surface area contributed by atoms with Gasteiger partial charge in [-0.3, -0.25) is 0 Å². The first-order chi connectivity index (χ1) is 11.3. The molecular formula is C19H38O4. The number of hydrogen-bond donors (Lipinski definition) is 0. The van der Waals surface area contributed by atoms with Crippen LogP contribution < -0.4 is 0 Å². The minimum Gasteiger partial charge on any atom is -0.475 e. The molecule has 0 saturated heterocycles. The van der Waals surface area contributed by atoms with Crippen LogP contribution in [0.15, 0.2) is 12.3 Å². The van der Waals surface area contributed by atoms with Gasteiger partial charge in [-0.2, -0.15) is 0 Å². The van der Waals surface area contributed by atoms with Gasteiger partial charge in [0, 0.05) is 14.2 Å². The molecule has 0 unspecified atom stereocenters. The summed E-state index contributed by atoms with van der Waals surface area (Å²) >= 11 is 0. The molecule has 0 aliphatic carbocycles. The van der Waals surface area contributed by atoms with Crippen molar-refractivity contribution in [2.24, 2.45) is 0 Å². The maximum Gasteiger partial charge on any atom is 0.188 e. The lowest BCUT2D eigenvalue weighted by atomic mass is 10.1.